The van der Waals surface area contributed by atoms with E-state index in [2.05, 4.69) is 15.3 Å². The van der Waals surface area contributed by atoms with Crippen molar-refractivity contribution < 1.29 is 4.79 Å². The minimum atomic E-state index is -0.360. The van der Waals surface area contributed by atoms with Gasteiger partial charge in [-0.3, -0.25) is 4.79 Å². The van der Waals surface area contributed by atoms with Crippen molar-refractivity contribution in [3.8, 4) is 0 Å². The molecule has 0 saturated carbocycles. The molecule has 0 atom stereocenters. The molecule has 0 radical (unpaired) electrons. The molecular formula is C10H6Cl3N3O. The molecule has 1 amide bonds. The van der Waals surface area contributed by atoms with Crippen molar-refractivity contribution in [3.63, 3.8) is 0 Å². The average molecular weight is 291 g/mol. The van der Waals surface area contributed by atoms with E-state index in [9.17, 15) is 4.79 Å². The molecule has 7 heteroatoms. The fourth-order valence-electron chi connectivity index (χ4n) is 1.21. The Morgan fingerprint density at radius 1 is 1.29 bits per heavy atom. The predicted molar refractivity (Wildman–Crippen MR) is 68.0 cm³/mol. The van der Waals surface area contributed by atoms with Gasteiger partial charge in [-0.15, -0.1) is 0 Å². The number of anilines is 1. The summed E-state index contributed by atoms with van der Waals surface area (Å²) in [6, 6.07) is 4.60. The van der Waals surface area contributed by atoms with E-state index in [1.54, 1.807) is 6.07 Å². The van der Waals surface area contributed by atoms with Crippen molar-refractivity contribution in [1.29, 1.82) is 0 Å². The number of carbonyl (C=O) groups excluding carboxylic acids is 1. The Kier molecular flexibility index (Phi) is 3.57. The van der Waals surface area contributed by atoms with Crippen LogP contribution in [0, 0.1) is 0 Å². The Hall–Kier alpha value is -1.23. The SMILES string of the molecule is O=C(Nc1ccnc(Cl)c1)c1cc(Cl)c(Cl)[nH]1. The number of aromatic nitrogens is 2. The van der Waals surface area contributed by atoms with Crippen molar-refractivity contribution in [1.82, 2.24) is 9.97 Å². The van der Waals surface area contributed by atoms with Gasteiger partial charge in [0.1, 0.15) is 16.0 Å². The number of H-pyrrole nitrogens is 1. The Morgan fingerprint density at radius 2 is 2.06 bits per heavy atom. The number of amides is 1. The monoisotopic (exact) mass is 289 g/mol. The van der Waals surface area contributed by atoms with Crippen LogP contribution in [0.1, 0.15) is 10.5 Å². The van der Waals surface area contributed by atoms with Crippen molar-refractivity contribution in [2.75, 3.05) is 5.32 Å². The number of pyridine rings is 1. The maximum Gasteiger partial charge on any atom is 0.272 e. The molecule has 2 aromatic rings. The van der Waals surface area contributed by atoms with Crippen LogP contribution in [0.25, 0.3) is 0 Å². The molecule has 2 heterocycles. The highest BCUT2D eigenvalue weighted by Crippen LogP contribution is 2.22. The molecule has 0 aliphatic carbocycles. The van der Waals surface area contributed by atoms with Gasteiger partial charge in [0.05, 0.1) is 5.02 Å². The lowest BCUT2D eigenvalue weighted by Gasteiger charge is -2.03. The van der Waals surface area contributed by atoms with Crippen LogP contribution < -0.4 is 5.32 Å². The largest absolute Gasteiger partial charge is 0.340 e. The van der Waals surface area contributed by atoms with E-state index < -0.39 is 0 Å². The van der Waals surface area contributed by atoms with Crippen molar-refractivity contribution in [2.45, 2.75) is 0 Å². The molecule has 88 valence electrons. The molecule has 0 aromatic carbocycles. The second-order valence-corrected chi connectivity index (χ2v) is 4.34. The molecule has 17 heavy (non-hydrogen) atoms. The summed E-state index contributed by atoms with van der Waals surface area (Å²) in [7, 11) is 0. The highest BCUT2D eigenvalue weighted by atomic mass is 35.5. The van der Waals surface area contributed by atoms with Gasteiger partial charge in [0.2, 0.25) is 0 Å². The minimum absolute atomic E-state index is 0.226. The standard InChI is InChI=1S/C10H6Cl3N3O/c11-6-4-7(16-9(6)13)10(17)15-5-1-2-14-8(12)3-5/h1-4,16H,(H,14,15,17). The first-order valence-electron chi connectivity index (χ1n) is 4.53. The molecule has 0 spiro atoms. The third kappa shape index (κ3) is 2.91. The van der Waals surface area contributed by atoms with Gasteiger partial charge in [-0.25, -0.2) is 4.98 Å². The van der Waals surface area contributed by atoms with Crippen LogP contribution in [0.2, 0.25) is 15.3 Å². The molecule has 2 rings (SSSR count). The number of halogens is 3. The van der Waals surface area contributed by atoms with Gasteiger partial charge in [-0.2, -0.15) is 0 Å². The lowest BCUT2D eigenvalue weighted by molar-refractivity contribution is 0.102. The first-order chi connectivity index (χ1) is 8.06. The van der Waals surface area contributed by atoms with E-state index in [1.807, 2.05) is 0 Å². The summed E-state index contributed by atoms with van der Waals surface area (Å²) in [6.07, 6.45) is 1.49. The molecule has 0 bridgehead atoms. The molecule has 0 unspecified atom stereocenters. The molecular weight excluding hydrogens is 284 g/mol. The van der Waals surface area contributed by atoms with E-state index in [0.717, 1.165) is 0 Å². The summed E-state index contributed by atoms with van der Waals surface area (Å²) < 4.78 is 0. The smallest absolute Gasteiger partial charge is 0.272 e. The van der Waals surface area contributed by atoms with Gasteiger partial charge >= 0.3 is 0 Å². The normalized spacial score (nSPS) is 10.3. The highest BCUT2D eigenvalue weighted by Gasteiger charge is 2.11. The summed E-state index contributed by atoms with van der Waals surface area (Å²) in [5.74, 6) is -0.360. The summed E-state index contributed by atoms with van der Waals surface area (Å²) in [5, 5.41) is 3.45. The highest BCUT2D eigenvalue weighted by molar-refractivity contribution is 6.41. The number of aromatic amines is 1. The van der Waals surface area contributed by atoms with Crippen LogP contribution in [-0.4, -0.2) is 15.9 Å². The Balaban J connectivity index is 2.17. The molecule has 4 nitrogen and oxygen atoms in total. The Morgan fingerprint density at radius 3 is 2.65 bits per heavy atom. The second kappa shape index (κ2) is 4.96. The van der Waals surface area contributed by atoms with Crippen LogP contribution in [0.4, 0.5) is 5.69 Å². The predicted octanol–water partition coefficient (Wildman–Crippen LogP) is 3.62. The number of carbonyl (C=O) groups is 1. The molecule has 0 fully saturated rings. The fraction of sp³-hybridized carbons (Fsp3) is 0. The maximum absolute atomic E-state index is 11.8. The number of nitrogens with zero attached hydrogens (tertiary/aromatic N) is 1. The van der Waals surface area contributed by atoms with Crippen LogP contribution in [-0.2, 0) is 0 Å². The lowest BCUT2D eigenvalue weighted by atomic mass is 10.3. The van der Waals surface area contributed by atoms with E-state index in [0.29, 0.717) is 15.9 Å². The minimum Gasteiger partial charge on any atom is -0.340 e. The summed E-state index contributed by atoms with van der Waals surface area (Å²) >= 11 is 17.1. The summed E-state index contributed by atoms with van der Waals surface area (Å²) in [5.41, 5.74) is 0.810. The summed E-state index contributed by atoms with van der Waals surface area (Å²) in [6.45, 7) is 0. The molecule has 0 aliphatic heterocycles. The van der Waals surface area contributed by atoms with Crippen LogP contribution in [0.15, 0.2) is 24.4 Å². The third-order valence-electron chi connectivity index (χ3n) is 1.95. The molecule has 2 aromatic heterocycles. The van der Waals surface area contributed by atoms with Gasteiger partial charge in [0.25, 0.3) is 5.91 Å². The number of hydrogen-bond acceptors (Lipinski definition) is 2. The zero-order valence-corrected chi connectivity index (χ0v) is 10.6. The first kappa shape index (κ1) is 12.2. The molecule has 0 aliphatic rings. The summed E-state index contributed by atoms with van der Waals surface area (Å²) in [4.78, 5) is 18.2. The maximum atomic E-state index is 11.8. The second-order valence-electron chi connectivity index (χ2n) is 3.17. The van der Waals surface area contributed by atoms with Crippen LogP contribution in [0.3, 0.4) is 0 Å². The quantitative estimate of drug-likeness (QED) is 0.830. The lowest BCUT2D eigenvalue weighted by Crippen LogP contribution is -2.12. The zero-order chi connectivity index (χ0) is 12.4. The van der Waals surface area contributed by atoms with E-state index >= 15 is 0 Å². The molecule has 2 N–H and O–H groups in total. The van der Waals surface area contributed by atoms with Gasteiger partial charge in [-0.05, 0) is 18.2 Å². The average Bonchev–Trinajstić information content (AvgIpc) is 2.59. The van der Waals surface area contributed by atoms with Gasteiger partial charge in [-0.1, -0.05) is 34.8 Å². The Bertz CT molecular complexity index is 548. The number of nitrogens with one attached hydrogen (secondary N) is 2. The Labute approximate surface area is 112 Å². The van der Waals surface area contributed by atoms with E-state index in [1.165, 1.54) is 18.3 Å². The first-order valence-corrected chi connectivity index (χ1v) is 5.66. The van der Waals surface area contributed by atoms with E-state index in [-0.39, 0.29) is 16.8 Å². The zero-order valence-electron chi connectivity index (χ0n) is 8.30. The van der Waals surface area contributed by atoms with Gasteiger partial charge < -0.3 is 10.3 Å². The van der Waals surface area contributed by atoms with Crippen molar-refractivity contribution >= 4 is 46.4 Å². The fourth-order valence-corrected chi connectivity index (χ4v) is 1.69. The number of hydrogen-bond donors (Lipinski definition) is 2. The van der Waals surface area contributed by atoms with Crippen LogP contribution in [0.5, 0.6) is 0 Å². The van der Waals surface area contributed by atoms with Gasteiger partial charge in [0, 0.05) is 11.9 Å². The topological polar surface area (TPSA) is 57.8 Å². The third-order valence-corrected chi connectivity index (χ3v) is 2.85. The van der Waals surface area contributed by atoms with Gasteiger partial charge in [0.15, 0.2) is 0 Å². The van der Waals surface area contributed by atoms with Crippen molar-refractivity contribution in [2.24, 2.45) is 0 Å². The van der Waals surface area contributed by atoms with E-state index in [4.69, 9.17) is 34.8 Å². The van der Waals surface area contributed by atoms with Crippen LogP contribution >= 0.6 is 34.8 Å². The molecule has 0 saturated heterocycles. The number of rotatable bonds is 2. The van der Waals surface area contributed by atoms with Crippen molar-refractivity contribution in [3.05, 3.63) is 45.4 Å².